The van der Waals surface area contributed by atoms with Crippen LogP contribution in [0, 0.1) is 0 Å². The molecule has 2 aliphatic heterocycles. The minimum Gasteiger partial charge on any atom is -0.485 e. The van der Waals surface area contributed by atoms with E-state index < -0.39 is 11.6 Å². The Morgan fingerprint density at radius 1 is 1.21 bits per heavy atom. The molecule has 0 radical (unpaired) electrons. The largest absolute Gasteiger partial charge is 0.485 e. The summed E-state index contributed by atoms with van der Waals surface area (Å²) in [5.41, 5.74) is 0.613. The summed E-state index contributed by atoms with van der Waals surface area (Å²) in [5, 5.41) is 4.92. The Bertz CT molecular complexity index is 1080. The van der Waals surface area contributed by atoms with Crippen LogP contribution < -0.4 is 20.3 Å². The molecule has 2 atom stereocenters. The Hall–Kier alpha value is -3.20. The van der Waals surface area contributed by atoms with Crippen molar-refractivity contribution in [2.45, 2.75) is 30.4 Å². The van der Waals surface area contributed by atoms with E-state index in [0.717, 1.165) is 22.9 Å². The highest BCUT2D eigenvalue weighted by atomic mass is 32.2. The van der Waals surface area contributed by atoms with Crippen molar-refractivity contribution in [2.75, 3.05) is 37.3 Å². The lowest BCUT2D eigenvalue weighted by atomic mass is 10.1. The van der Waals surface area contributed by atoms with Crippen LogP contribution >= 0.6 is 11.8 Å². The van der Waals surface area contributed by atoms with E-state index in [1.165, 1.54) is 11.8 Å². The van der Waals surface area contributed by atoms with Crippen LogP contribution in [0.15, 0.2) is 53.4 Å². The zero-order chi connectivity index (χ0) is 23.6. The number of urea groups is 1. The molecule has 1 fully saturated rings. The first-order chi connectivity index (χ1) is 15.8. The Kier molecular flexibility index (Phi) is 6.51. The number of rotatable bonds is 7. The molecule has 0 unspecified atom stereocenters. The molecule has 0 spiro atoms. The number of nitrogens with zero attached hydrogens (tertiary/aromatic N) is 2. The number of benzene rings is 2. The van der Waals surface area contributed by atoms with Gasteiger partial charge >= 0.3 is 6.03 Å². The number of para-hydroxylation sites is 2. The van der Waals surface area contributed by atoms with Crippen LogP contribution in [0.4, 0.5) is 10.5 Å². The fourth-order valence-electron chi connectivity index (χ4n) is 4.04. The molecule has 2 aromatic rings. The Morgan fingerprint density at radius 3 is 2.67 bits per heavy atom. The lowest BCUT2D eigenvalue weighted by Crippen LogP contribution is -2.47. The maximum absolute atomic E-state index is 13.3. The van der Waals surface area contributed by atoms with Crippen LogP contribution in [-0.4, -0.2) is 66.8 Å². The van der Waals surface area contributed by atoms with Crippen LogP contribution in [0.3, 0.4) is 0 Å². The molecular weight excluding hydrogens is 440 g/mol. The average molecular weight is 469 g/mol. The zero-order valence-electron chi connectivity index (χ0n) is 19.0. The predicted molar refractivity (Wildman–Crippen MR) is 128 cm³/mol. The summed E-state index contributed by atoms with van der Waals surface area (Å²) in [7, 11) is 1.77. The molecule has 2 aromatic carbocycles. The molecule has 174 valence electrons. The van der Waals surface area contributed by atoms with Gasteiger partial charge in [-0.25, -0.2) is 4.79 Å². The highest BCUT2D eigenvalue weighted by Gasteiger charge is 2.42. The van der Waals surface area contributed by atoms with Crippen molar-refractivity contribution in [2.24, 2.45) is 0 Å². The number of amides is 4. The molecule has 0 saturated carbocycles. The summed E-state index contributed by atoms with van der Waals surface area (Å²) in [6.07, 6.45) is -0.148. The van der Waals surface area contributed by atoms with Gasteiger partial charge in [-0.15, -0.1) is 11.8 Å². The van der Waals surface area contributed by atoms with Gasteiger partial charge in [0.2, 0.25) is 0 Å². The number of thioether (sulfide) groups is 1. The summed E-state index contributed by atoms with van der Waals surface area (Å²) < 4.78 is 6.18. The third kappa shape index (κ3) is 4.78. The van der Waals surface area contributed by atoms with Crippen molar-refractivity contribution in [3.05, 3.63) is 54.1 Å². The van der Waals surface area contributed by atoms with Crippen LogP contribution in [0.2, 0.25) is 0 Å². The van der Waals surface area contributed by atoms with Gasteiger partial charge in [0.1, 0.15) is 17.4 Å². The van der Waals surface area contributed by atoms with Crippen molar-refractivity contribution in [3.8, 4) is 5.75 Å². The van der Waals surface area contributed by atoms with Gasteiger partial charge in [0.05, 0.1) is 24.3 Å². The van der Waals surface area contributed by atoms with Crippen molar-refractivity contribution in [3.63, 3.8) is 0 Å². The van der Waals surface area contributed by atoms with E-state index in [9.17, 15) is 14.4 Å². The number of hydrogen-bond acceptors (Lipinski definition) is 6. The van der Waals surface area contributed by atoms with E-state index in [1.54, 1.807) is 24.9 Å². The fourth-order valence-corrected chi connectivity index (χ4v) is 5.17. The van der Waals surface area contributed by atoms with Crippen molar-refractivity contribution in [1.82, 2.24) is 15.5 Å². The van der Waals surface area contributed by atoms with Crippen LogP contribution in [0.5, 0.6) is 5.75 Å². The fraction of sp³-hybridized carbons (Fsp3) is 0.375. The maximum Gasteiger partial charge on any atom is 0.322 e. The van der Waals surface area contributed by atoms with Gasteiger partial charge in [-0.1, -0.05) is 24.3 Å². The van der Waals surface area contributed by atoms with Gasteiger partial charge in [0, 0.05) is 24.2 Å². The molecule has 8 nitrogen and oxygen atoms in total. The molecule has 1 saturated heterocycles. The number of anilines is 1. The van der Waals surface area contributed by atoms with Gasteiger partial charge in [0.15, 0.2) is 0 Å². The third-order valence-electron chi connectivity index (χ3n) is 5.88. The first-order valence-corrected chi connectivity index (χ1v) is 11.9. The lowest BCUT2D eigenvalue weighted by Gasteiger charge is -2.37. The van der Waals surface area contributed by atoms with Crippen molar-refractivity contribution < 1.29 is 19.1 Å². The van der Waals surface area contributed by atoms with Crippen LogP contribution in [0.25, 0.3) is 0 Å². The lowest BCUT2D eigenvalue weighted by molar-refractivity contribution is -0.122. The minimum absolute atomic E-state index is 0.117. The van der Waals surface area contributed by atoms with Gasteiger partial charge in [-0.05, 0) is 38.1 Å². The zero-order valence-corrected chi connectivity index (χ0v) is 19.8. The maximum atomic E-state index is 13.3. The molecule has 0 bridgehead atoms. The molecule has 2 N–H and O–H groups in total. The number of ether oxygens (including phenoxy) is 1. The molecule has 4 rings (SSSR count). The Labute approximate surface area is 197 Å². The standard InChI is InChI=1S/C24H28N4O4S/c1-4-28-14-16(32-19-11-7-6-10-18(19)28)13-27(3)21(29)17-9-5-8-12-20(17)33-15-24(2)22(30)25-23(31)26-24/h5-12,16H,4,13-15H2,1-3H3,(H2,25,26,30,31)/t16-,24+/m0/s1. The molecule has 0 aliphatic carbocycles. The third-order valence-corrected chi connectivity index (χ3v) is 7.27. The quantitative estimate of drug-likeness (QED) is 0.480. The highest BCUT2D eigenvalue weighted by molar-refractivity contribution is 7.99. The van der Waals surface area contributed by atoms with E-state index in [0.29, 0.717) is 24.4 Å². The molecule has 9 heteroatoms. The van der Waals surface area contributed by atoms with Gasteiger partial charge in [-0.3, -0.25) is 14.9 Å². The van der Waals surface area contributed by atoms with E-state index in [2.05, 4.69) is 22.5 Å². The predicted octanol–water partition coefficient (Wildman–Crippen LogP) is 2.74. The molecule has 2 heterocycles. The first kappa shape index (κ1) is 23.0. The number of carbonyl (C=O) groups is 3. The second kappa shape index (κ2) is 9.35. The number of hydrogen-bond donors (Lipinski definition) is 2. The van der Waals surface area contributed by atoms with Crippen molar-refractivity contribution in [1.29, 1.82) is 0 Å². The molecule has 2 aliphatic rings. The minimum atomic E-state index is -1.02. The first-order valence-electron chi connectivity index (χ1n) is 10.9. The summed E-state index contributed by atoms with van der Waals surface area (Å²) in [6.45, 7) is 5.79. The second-order valence-corrected chi connectivity index (χ2v) is 9.47. The van der Waals surface area contributed by atoms with Gasteiger partial charge < -0.3 is 19.9 Å². The Morgan fingerprint density at radius 2 is 1.94 bits per heavy atom. The molecule has 4 amide bonds. The SMILES string of the molecule is CCN1C[C@H](CN(C)C(=O)c2ccccc2SC[C@@]2(C)NC(=O)NC2=O)Oc2ccccc21. The van der Waals surface area contributed by atoms with Crippen molar-refractivity contribution >= 4 is 35.3 Å². The molecule has 33 heavy (non-hydrogen) atoms. The van der Waals surface area contributed by atoms with E-state index in [1.807, 2.05) is 42.5 Å². The Balaban J connectivity index is 1.44. The van der Waals surface area contributed by atoms with Gasteiger partial charge in [0.25, 0.3) is 11.8 Å². The number of nitrogens with one attached hydrogen (secondary N) is 2. The number of fused-ring (bicyclic) bond motifs is 1. The van der Waals surface area contributed by atoms with Crippen LogP contribution in [0.1, 0.15) is 24.2 Å². The number of imide groups is 1. The van der Waals surface area contributed by atoms with E-state index >= 15 is 0 Å². The molecule has 0 aromatic heterocycles. The summed E-state index contributed by atoms with van der Waals surface area (Å²) in [5.74, 6) is 0.661. The number of carbonyl (C=O) groups excluding carboxylic acids is 3. The molecular formula is C24H28N4O4S. The summed E-state index contributed by atoms with van der Waals surface area (Å²) in [4.78, 5) is 41.7. The smallest absolute Gasteiger partial charge is 0.322 e. The second-order valence-electron chi connectivity index (χ2n) is 8.46. The topological polar surface area (TPSA) is 91.0 Å². The van der Waals surface area contributed by atoms with E-state index in [-0.39, 0.29) is 17.9 Å². The number of likely N-dealkylation sites (N-methyl/N-ethyl adjacent to an activating group) is 2. The van der Waals surface area contributed by atoms with Gasteiger partial charge in [-0.2, -0.15) is 0 Å². The van der Waals surface area contributed by atoms with E-state index in [4.69, 9.17) is 4.74 Å². The normalized spacial score (nSPS) is 21.7. The average Bonchev–Trinajstić information content (AvgIpc) is 3.07. The monoisotopic (exact) mass is 468 g/mol. The highest BCUT2D eigenvalue weighted by Crippen LogP contribution is 2.33. The summed E-state index contributed by atoms with van der Waals surface area (Å²) >= 11 is 1.37. The summed E-state index contributed by atoms with van der Waals surface area (Å²) in [6, 6.07) is 14.8. The van der Waals surface area contributed by atoms with Crippen LogP contribution in [-0.2, 0) is 4.79 Å².